The highest BCUT2D eigenvalue weighted by Crippen LogP contribution is 2.09. The molecule has 0 radical (unpaired) electrons. The van der Waals surface area contributed by atoms with Crippen LogP contribution < -0.4 is 5.32 Å². The minimum Gasteiger partial charge on any atom is -0.364 e. The van der Waals surface area contributed by atoms with Crippen LogP contribution in [-0.2, 0) is 0 Å². The molecule has 0 aromatic rings. The van der Waals surface area contributed by atoms with Crippen LogP contribution in [-0.4, -0.2) is 18.4 Å². The Morgan fingerprint density at radius 1 is 1.50 bits per heavy atom. The SMILES string of the molecule is C=C(C)C1=NCCC(C(=C)C)N1. The molecule has 1 rings (SSSR count). The average Bonchev–Trinajstić information content (AvgIpc) is 2.04. The highest BCUT2D eigenvalue weighted by molar-refractivity contribution is 5.97. The Kier molecular flexibility index (Phi) is 2.69. The zero-order valence-electron chi connectivity index (χ0n) is 7.85. The van der Waals surface area contributed by atoms with E-state index in [1.807, 2.05) is 13.8 Å². The van der Waals surface area contributed by atoms with Gasteiger partial charge in [0.1, 0.15) is 5.84 Å². The molecule has 0 aromatic heterocycles. The smallest absolute Gasteiger partial charge is 0.123 e. The number of hydrogen-bond donors (Lipinski definition) is 1. The largest absolute Gasteiger partial charge is 0.364 e. The molecule has 2 nitrogen and oxygen atoms in total. The second-order valence-corrected chi connectivity index (χ2v) is 3.34. The third kappa shape index (κ3) is 1.97. The zero-order chi connectivity index (χ0) is 9.14. The summed E-state index contributed by atoms with van der Waals surface area (Å²) in [5.41, 5.74) is 2.17. The molecule has 0 amide bonds. The van der Waals surface area contributed by atoms with E-state index in [1.54, 1.807) is 0 Å². The van der Waals surface area contributed by atoms with Crippen molar-refractivity contribution in [3.05, 3.63) is 24.3 Å². The second kappa shape index (κ2) is 3.57. The van der Waals surface area contributed by atoms with Crippen LogP contribution in [0.15, 0.2) is 29.3 Å². The van der Waals surface area contributed by atoms with E-state index in [4.69, 9.17) is 0 Å². The summed E-state index contributed by atoms with van der Waals surface area (Å²) in [7, 11) is 0. The van der Waals surface area contributed by atoms with Crippen LogP contribution in [0.3, 0.4) is 0 Å². The van der Waals surface area contributed by atoms with E-state index in [-0.39, 0.29) is 0 Å². The van der Waals surface area contributed by atoms with Gasteiger partial charge in [0.25, 0.3) is 0 Å². The van der Waals surface area contributed by atoms with E-state index in [9.17, 15) is 0 Å². The summed E-state index contributed by atoms with van der Waals surface area (Å²) >= 11 is 0. The lowest BCUT2D eigenvalue weighted by Crippen LogP contribution is -2.39. The maximum Gasteiger partial charge on any atom is 0.123 e. The predicted molar refractivity (Wildman–Crippen MR) is 53.5 cm³/mol. The molecule has 1 aliphatic heterocycles. The molecule has 0 saturated heterocycles. The summed E-state index contributed by atoms with van der Waals surface area (Å²) in [5.74, 6) is 0.939. The fraction of sp³-hybridized carbons (Fsp3) is 0.500. The molecule has 0 spiro atoms. The monoisotopic (exact) mass is 164 g/mol. The minimum absolute atomic E-state index is 0.384. The average molecular weight is 164 g/mol. The Bertz CT molecular complexity index is 238. The van der Waals surface area contributed by atoms with Crippen molar-refractivity contribution < 1.29 is 0 Å². The van der Waals surface area contributed by atoms with Crippen molar-refractivity contribution in [2.45, 2.75) is 26.3 Å². The van der Waals surface area contributed by atoms with Gasteiger partial charge in [-0.2, -0.15) is 0 Å². The quantitative estimate of drug-likeness (QED) is 0.619. The number of nitrogens with zero attached hydrogens (tertiary/aromatic N) is 1. The number of amidine groups is 1. The number of rotatable bonds is 2. The summed E-state index contributed by atoms with van der Waals surface area (Å²) < 4.78 is 0. The second-order valence-electron chi connectivity index (χ2n) is 3.34. The molecule has 12 heavy (non-hydrogen) atoms. The van der Waals surface area contributed by atoms with Gasteiger partial charge >= 0.3 is 0 Å². The van der Waals surface area contributed by atoms with E-state index in [1.165, 1.54) is 5.57 Å². The maximum absolute atomic E-state index is 4.33. The van der Waals surface area contributed by atoms with Gasteiger partial charge in [-0.15, -0.1) is 0 Å². The molecule has 0 aromatic carbocycles. The molecule has 0 bridgehead atoms. The van der Waals surface area contributed by atoms with Crippen LogP contribution in [0.2, 0.25) is 0 Å². The lowest BCUT2D eigenvalue weighted by atomic mass is 10.0. The third-order valence-electron chi connectivity index (χ3n) is 2.00. The first-order valence-electron chi connectivity index (χ1n) is 4.23. The topological polar surface area (TPSA) is 24.4 Å². The van der Waals surface area contributed by atoms with Gasteiger partial charge in [0.15, 0.2) is 0 Å². The predicted octanol–water partition coefficient (Wildman–Crippen LogP) is 1.90. The van der Waals surface area contributed by atoms with Crippen molar-refractivity contribution >= 4 is 5.84 Å². The fourth-order valence-corrected chi connectivity index (χ4v) is 1.22. The lowest BCUT2D eigenvalue weighted by Gasteiger charge is -2.24. The molecular formula is C10H16N2. The van der Waals surface area contributed by atoms with Crippen LogP contribution in [0, 0.1) is 0 Å². The maximum atomic E-state index is 4.33. The van der Waals surface area contributed by atoms with Crippen LogP contribution >= 0.6 is 0 Å². The van der Waals surface area contributed by atoms with Gasteiger partial charge in [-0.25, -0.2) is 0 Å². The highest BCUT2D eigenvalue weighted by Gasteiger charge is 2.15. The summed E-state index contributed by atoms with van der Waals surface area (Å²) in [6, 6.07) is 0.384. The van der Waals surface area contributed by atoms with Gasteiger partial charge in [-0.1, -0.05) is 18.7 Å². The van der Waals surface area contributed by atoms with Crippen LogP contribution in [0.25, 0.3) is 0 Å². The molecular weight excluding hydrogens is 148 g/mol. The van der Waals surface area contributed by atoms with Crippen LogP contribution in [0.4, 0.5) is 0 Å². The molecule has 1 heterocycles. The Hall–Kier alpha value is -1.05. The molecule has 1 aliphatic rings. The van der Waals surface area contributed by atoms with Gasteiger partial charge in [0, 0.05) is 12.6 Å². The van der Waals surface area contributed by atoms with Crippen molar-refractivity contribution in [3.63, 3.8) is 0 Å². The molecule has 1 unspecified atom stereocenters. The number of aliphatic imine (C=N–C) groups is 1. The lowest BCUT2D eigenvalue weighted by molar-refractivity contribution is 0.610. The molecule has 2 heteroatoms. The molecule has 0 aliphatic carbocycles. The van der Waals surface area contributed by atoms with Crippen molar-refractivity contribution in [2.75, 3.05) is 6.54 Å². The van der Waals surface area contributed by atoms with E-state index in [0.717, 1.165) is 24.4 Å². The van der Waals surface area contributed by atoms with Crippen molar-refractivity contribution in [2.24, 2.45) is 4.99 Å². The zero-order valence-corrected chi connectivity index (χ0v) is 7.85. The minimum atomic E-state index is 0.384. The first-order chi connectivity index (χ1) is 5.61. The highest BCUT2D eigenvalue weighted by atomic mass is 15.0. The van der Waals surface area contributed by atoms with Crippen LogP contribution in [0.5, 0.6) is 0 Å². The van der Waals surface area contributed by atoms with Gasteiger partial charge in [0.05, 0.1) is 0 Å². The van der Waals surface area contributed by atoms with Crippen molar-refractivity contribution in [1.29, 1.82) is 0 Å². The molecule has 1 atom stereocenters. The van der Waals surface area contributed by atoms with Gasteiger partial charge in [-0.3, -0.25) is 4.99 Å². The Morgan fingerprint density at radius 3 is 2.67 bits per heavy atom. The molecule has 0 saturated carbocycles. The van der Waals surface area contributed by atoms with E-state index in [2.05, 4.69) is 23.5 Å². The fourth-order valence-electron chi connectivity index (χ4n) is 1.22. The van der Waals surface area contributed by atoms with Gasteiger partial charge in [0.2, 0.25) is 0 Å². The van der Waals surface area contributed by atoms with Crippen molar-refractivity contribution in [1.82, 2.24) is 5.32 Å². The van der Waals surface area contributed by atoms with Gasteiger partial charge < -0.3 is 5.32 Å². The molecule has 1 N–H and O–H groups in total. The first-order valence-corrected chi connectivity index (χ1v) is 4.23. The number of nitrogens with one attached hydrogen (secondary N) is 1. The van der Waals surface area contributed by atoms with Crippen molar-refractivity contribution in [3.8, 4) is 0 Å². The Balaban J connectivity index is 2.65. The Morgan fingerprint density at radius 2 is 2.17 bits per heavy atom. The molecule has 66 valence electrons. The summed E-state index contributed by atoms with van der Waals surface area (Å²) in [6.07, 6.45) is 1.05. The first kappa shape index (κ1) is 9.04. The normalized spacial score (nSPS) is 22.5. The summed E-state index contributed by atoms with van der Waals surface area (Å²) in [5, 5.41) is 3.30. The van der Waals surface area contributed by atoms with E-state index >= 15 is 0 Å². The summed E-state index contributed by atoms with van der Waals surface area (Å²) in [6.45, 7) is 12.7. The van der Waals surface area contributed by atoms with E-state index in [0.29, 0.717) is 6.04 Å². The van der Waals surface area contributed by atoms with E-state index < -0.39 is 0 Å². The summed E-state index contributed by atoms with van der Waals surface area (Å²) in [4.78, 5) is 4.33. The van der Waals surface area contributed by atoms with Gasteiger partial charge in [-0.05, 0) is 25.8 Å². The molecule has 0 fully saturated rings. The standard InChI is InChI=1S/C10H16N2/c1-7(2)9-5-6-11-10(12-9)8(3)4/h9H,1,3,5-6H2,2,4H3,(H,11,12). The number of hydrogen-bond acceptors (Lipinski definition) is 2. The van der Waals surface area contributed by atoms with Crippen LogP contribution in [0.1, 0.15) is 20.3 Å². The third-order valence-corrected chi connectivity index (χ3v) is 2.00. The Labute approximate surface area is 74.1 Å².